The van der Waals surface area contributed by atoms with Crippen molar-refractivity contribution in [3.05, 3.63) is 12.2 Å². The largest absolute Gasteiger partial charge is 0.481 e. The summed E-state index contributed by atoms with van der Waals surface area (Å²) in [6.07, 6.45) is 16.2. The number of hydrogen-bond donors (Lipinski definition) is 1. The molecule has 4 heteroatoms. The summed E-state index contributed by atoms with van der Waals surface area (Å²) in [7, 11) is 0. The van der Waals surface area contributed by atoms with Gasteiger partial charge >= 0.3 is 5.97 Å². The Labute approximate surface area is 158 Å². The second-order valence-corrected chi connectivity index (χ2v) is 7.61. The summed E-state index contributed by atoms with van der Waals surface area (Å²) < 4.78 is 0. The maximum absolute atomic E-state index is 12.1. The fourth-order valence-corrected chi connectivity index (χ4v) is 3.75. The van der Waals surface area contributed by atoms with Crippen LogP contribution in [-0.4, -0.2) is 22.6 Å². The molecule has 0 saturated heterocycles. The van der Waals surface area contributed by atoms with Gasteiger partial charge in [0.25, 0.3) is 0 Å². The zero-order valence-corrected chi connectivity index (χ0v) is 16.4. The molecule has 1 aliphatic rings. The number of Topliss-reactive ketones (excluding diaryl/α,β-unsaturated/α-hetero) is 1. The average molecular weight is 365 g/mol. The molecule has 2 atom stereocenters. The van der Waals surface area contributed by atoms with Crippen molar-refractivity contribution in [1.82, 2.24) is 0 Å². The molecule has 1 N–H and O–H groups in total. The summed E-state index contributed by atoms with van der Waals surface area (Å²) in [5.74, 6) is 0.127. The van der Waals surface area contributed by atoms with Crippen molar-refractivity contribution in [1.29, 1.82) is 0 Å². The minimum absolute atomic E-state index is 0.0816. The monoisotopic (exact) mass is 364 g/mol. The molecule has 0 aromatic carbocycles. The van der Waals surface area contributed by atoms with Gasteiger partial charge in [0.05, 0.1) is 0 Å². The van der Waals surface area contributed by atoms with Gasteiger partial charge in [0, 0.05) is 25.2 Å². The van der Waals surface area contributed by atoms with Crippen LogP contribution in [0.4, 0.5) is 0 Å². The van der Waals surface area contributed by atoms with E-state index in [1.54, 1.807) is 6.08 Å². The standard InChI is InChI=1S/C22H36O4/c1-2-3-4-8-11-19(23)16-14-18-15-17-21(24)20(18)12-9-6-5-7-10-13-22(25)26/h14,16,18,20H,2-13,15,17H2,1H3,(H,25,26). The first-order valence-corrected chi connectivity index (χ1v) is 10.5. The molecule has 26 heavy (non-hydrogen) atoms. The summed E-state index contributed by atoms with van der Waals surface area (Å²) in [6, 6.07) is 0. The Kier molecular flexibility index (Phi) is 11.9. The number of carbonyl (C=O) groups is 3. The number of carboxylic acids is 1. The molecule has 0 aromatic heterocycles. The van der Waals surface area contributed by atoms with E-state index in [9.17, 15) is 14.4 Å². The van der Waals surface area contributed by atoms with Crippen LogP contribution in [0.25, 0.3) is 0 Å². The molecule has 4 nitrogen and oxygen atoms in total. The minimum Gasteiger partial charge on any atom is -0.481 e. The van der Waals surface area contributed by atoms with Gasteiger partial charge in [-0.05, 0) is 37.7 Å². The third kappa shape index (κ3) is 9.88. The number of allylic oxidation sites excluding steroid dienone is 2. The highest BCUT2D eigenvalue weighted by Gasteiger charge is 2.32. The van der Waals surface area contributed by atoms with Crippen LogP contribution in [0.3, 0.4) is 0 Å². The van der Waals surface area contributed by atoms with Gasteiger partial charge in [-0.2, -0.15) is 0 Å². The van der Waals surface area contributed by atoms with Gasteiger partial charge in [0.2, 0.25) is 0 Å². The van der Waals surface area contributed by atoms with Crippen molar-refractivity contribution < 1.29 is 19.5 Å². The fourth-order valence-electron chi connectivity index (χ4n) is 3.75. The van der Waals surface area contributed by atoms with Gasteiger partial charge < -0.3 is 5.11 Å². The number of carbonyl (C=O) groups excluding carboxylic acids is 2. The molecule has 0 heterocycles. The van der Waals surface area contributed by atoms with Gasteiger partial charge in [0.1, 0.15) is 5.78 Å². The molecule has 2 unspecified atom stereocenters. The molecule has 0 bridgehead atoms. The second kappa shape index (κ2) is 13.7. The lowest BCUT2D eigenvalue weighted by Crippen LogP contribution is -2.13. The highest BCUT2D eigenvalue weighted by Crippen LogP contribution is 2.33. The van der Waals surface area contributed by atoms with Gasteiger partial charge in [0.15, 0.2) is 5.78 Å². The summed E-state index contributed by atoms with van der Waals surface area (Å²) in [4.78, 5) is 34.5. The summed E-state index contributed by atoms with van der Waals surface area (Å²) in [5.41, 5.74) is 0. The second-order valence-electron chi connectivity index (χ2n) is 7.61. The van der Waals surface area contributed by atoms with E-state index in [-0.39, 0.29) is 24.0 Å². The quantitative estimate of drug-likeness (QED) is 0.308. The minimum atomic E-state index is -0.726. The van der Waals surface area contributed by atoms with Crippen LogP contribution in [0.2, 0.25) is 0 Å². The maximum atomic E-state index is 12.1. The molecule has 1 rings (SSSR count). The lowest BCUT2D eigenvalue weighted by molar-refractivity contribution is -0.137. The molecule has 0 spiro atoms. The van der Waals surface area contributed by atoms with Crippen LogP contribution in [-0.2, 0) is 14.4 Å². The highest BCUT2D eigenvalue weighted by atomic mass is 16.4. The van der Waals surface area contributed by atoms with E-state index in [1.165, 1.54) is 12.8 Å². The zero-order valence-electron chi connectivity index (χ0n) is 16.4. The SMILES string of the molecule is CCCCCCC(=O)C=CC1CCC(=O)C1CCCCCCCC(=O)O. The fraction of sp³-hybridized carbons (Fsp3) is 0.773. The van der Waals surface area contributed by atoms with E-state index in [0.29, 0.717) is 18.6 Å². The first-order chi connectivity index (χ1) is 12.5. The first-order valence-electron chi connectivity index (χ1n) is 10.5. The molecular weight excluding hydrogens is 328 g/mol. The van der Waals surface area contributed by atoms with E-state index in [4.69, 9.17) is 5.11 Å². The van der Waals surface area contributed by atoms with E-state index in [1.807, 2.05) is 6.08 Å². The number of ketones is 2. The number of unbranched alkanes of at least 4 members (excludes halogenated alkanes) is 7. The maximum Gasteiger partial charge on any atom is 0.303 e. The highest BCUT2D eigenvalue weighted by molar-refractivity contribution is 5.90. The first kappa shape index (κ1) is 22.6. The van der Waals surface area contributed by atoms with E-state index in [0.717, 1.165) is 57.8 Å². The molecule has 0 amide bonds. The van der Waals surface area contributed by atoms with Crippen LogP contribution in [0.15, 0.2) is 12.2 Å². The van der Waals surface area contributed by atoms with Crippen LogP contribution in [0, 0.1) is 11.8 Å². The number of hydrogen-bond acceptors (Lipinski definition) is 3. The topological polar surface area (TPSA) is 71.4 Å². The lowest BCUT2D eigenvalue weighted by Gasteiger charge is -2.14. The molecule has 0 aliphatic heterocycles. The molecule has 1 saturated carbocycles. The van der Waals surface area contributed by atoms with Crippen molar-refractivity contribution in [3.63, 3.8) is 0 Å². The summed E-state index contributed by atoms with van der Waals surface area (Å²) in [5, 5.41) is 8.61. The molecule has 0 aromatic rings. The van der Waals surface area contributed by atoms with Crippen molar-refractivity contribution in [2.75, 3.05) is 0 Å². The Hall–Kier alpha value is -1.45. The third-order valence-corrected chi connectivity index (χ3v) is 5.37. The Morgan fingerprint density at radius 2 is 1.65 bits per heavy atom. The molecule has 0 radical (unpaired) electrons. The molecule has 1 aliphatic carbocycles. The summed E-state index contributed by atoms with van der Waals surface area (Å²) in [6.45, 7) is 2.16. The Bertz CT molecular complexity index is 467. The predicted molar refractivity (Wildman–Crippen MR) is 104 cm³/mol. The number of rotatable bonds is 15. The van der Waals surface area contributed by atoms with Crippen LogP contribution >= 0.6 is 0 Å². The van der Waals surface area contributed by atoms with Crippen LogP contribution in [0.1, 0.15) is 96.8 Å². The molecular formula is C22H36O4. The van der Waals surface area contributed by atoms with Crippen LogP contribution in [0.5, 0.6) is 0 Å². The lowest BCUT2D eigenvalue weighted by atomic mass is 9.89. The van der Waals surface area contributed by atoms with Gasteiger partial charge in [-0.25, -0.2) is 0 Å². The predicted octanol–water partition coefficient (Wildman–Crippen LogP) is 5.49. The average Bonchev–Trinajstić information content (AvgIpc) is 2.96. The third-order valence-electron chi connectivity index (χ3n) is 5.37. The van der Waals surface area contributed by atoms with Crippen molar-refractivity contribution in [3.8, 4) is 0 Å². The Morgan fingerprint density at radius 1 is 1.00 bits per heavy atom. The van der Waals surface area contributed by atoms with Crippen molar-refractivity contribution >= 4 is 17.5 Å². The van der Waals surface area contributed by atoms with Crippen molar-refractivity contribution in [2.24, 2.45) is 11.8 Å². The van der Waals surface area contributed by atoms with Gasteiger partial charge in [-0.3, -0.25) is 14.4 Å². The van der Waals surface area contributed by atoms with E-state index in [2.05, 4.69) is 6.92 Å². The Morgan fingerprint density at radius 3 is 2.38 bits per heavy atom. The van der Waals surface area contributed by atoms with Gasteiger partial charge in [-0.15, -0.1) is 0 Å². The van der Waals surface area contributed by atoms with E-state index < -0.39 is 5.97 Å². The zero-order chi connectivity index (χ0) is 19.2. The molecule has 148 valence electrons. The normalized spacial score (nSPS) is 20.1. The van der Waals surface area contributed by atoms with Gasteiger partial charge in [-0.1, -0.05) is 57.9 Å². The van der Waals surface area contributed by atoms with Crippen LogP contribution < -0.4 is 0 Å². The summed E-state index contributed by atoms with van der Waals surface area (Å²) >= 11 is 0. The van der Waals surface area contributed by atoms with Crippen molar-refractivity contribution in [2.45, 2.75) is 96.8 Å². The number of aliphatic carboxylic acids is 1. The smallest absolute Gasteiger partial charge is 0.303 e. The Balaban J connectivity index is 2.24. The van der Waals surface area contributed by atoms with E-state index >= 15 is 0 Å². The number of carboxylic acid groups (broad SMARTS) is 1. The molecule has 1 fully saturated rings.